The first-order chi connectivity index (χ1) is 8.38. The number of ether oxygens (including phenoxy) is 1. The number of hydrogen-bond donors (Lipinski definition) is 0. The van der Waals surface area contributed by atoms with Gasteiger partial charge in [-0.2, -0.15) is 0 Å². The molecule has 1 fully saturated rings. The van der Waals surface area contributed by atoms with Crippen molar-refractivity contribution >= 4 is 6.29 Å². The first-order valence-electron chi connectivity index (χ1n) is 6.22. The van der Waals surface area contributed by atoms with E-state index in [1.807, 2.05) is 18.4 Å². The lowest BCUT2D eigenvalue weighted by Crippen LogP contribution is -2.21. The lowest BCUT2D eigenvalue weighted by molar-refractivity contribution is 0.263. The second kappa shape index (κ2) is 6.40. The Morgan fingerprint density at radius 2 is 1.88 bits per heavy atom. The molecule has 0 N–H and O–H groups in total. The van der Waals surface area contributed by atoms with E-state index in [1.165, 1.54) is 25.9 Å². The summed E-state index contributed by atoms with van der Waals surface area (Å²) in [6.45, 7) is 4.34. The van der Waals surface area contributed by atoms with Gasteiger partial charge in [0.2, 0.25) is 6.29 Å². The predicted octanol–water partition coefficient (Wildman–Crippen LogP) is 2.01. The zero-order valence-electron chi connectivity index (χ0n) is 10.0. The van der Waals surface area contributed by atoms with Crippen LogP contribution in [0, 0.1) is 0 Å². The fourth-order valence-electron chi connectivity index (χ4n) is 2.10. The van der Waals surface area contributed by atoms with Crippen molar-refractivity contribution in [2.75, 3.05) is 26.2 Å². The average Bonchev–Trinajstić information content (AvgIpc) is 2.88. The normalized spacial score (nSPS) is 16.0. The first kappa shape index (κ1) is 12.1. The van der Waals surface area contributed by atoms with Gasteiger partial charge >= 0.3 is 0 Å². The summed E-state index contributed by atoms with van der Waals surface area (Å²) in [7, 11) is 0. The van der Waals surface area contributed by atoms with Crippen LogP contribution in [0.15, 0.2) is 24.3 Å². The number of benzene rings is 1. The molecule has 0 bridgehead atoms. The first-order valence-corrected chi connectivity index (χ1v) is 6.22. The minimum absolute atomic E-state index is 0.564. The van der Waals surface area contributed by atoms with Crippen LogP contribution in [0.1, 0.15) is 24.8 Å². The van der Waals surface area contributed by atoms with Crippen LogP contribution in [0.3, 0.4) is 0 Å². The molecule has 0 amide bonds. The summed E-state index contributed by atoms with van der Waals surface area (Å²) in [5.74, 6) is 0.824. The highest BCUT2D eigenvalue weighted by Crippen LogP contribution is 2.12. The zero-order valence-corrected chi connectivity index (χ0v) is 10.0. The van der Waals surface area contributed by atoms with E-state index in [2.05, 4.69) is 4.90 Å². The molecule has 1 heterocycles. The Hall–Kier alpha value is -1.35. The summed E-state index contributed by atoms with van der Waals surface area (Å²) in [6, 6.07) is 7.08. The Morgan fingerprint density at radius 3 is 2.53 bits per heavy atom. The van der Waals surface area contributed by atoms with Gasteiger partial charge in [0.25, 0.3) is 0 Å². The van der Waals surface area contributed by atoms with Crippen LogP contribution in [0.4, 0.5) is 0 Å². The molecule has 1 radical (unpaired) electrons. The standard InChI is InChI=1S/C14H18NO2/c16-12-13-4-6-14(7-5-13)17-11-3-10-15-8-1-2-9-15/h4-7H,1-3,8-11H2. The highest BCUT2D eigenvalue weighted by molar-refractivity contribution is 5.75. The largest absolute Gasteiger partial charge is 0.494 e. The molecule has 0 spiro atoms. The van der Waals surface area contributed by atoms with E-state index < -0.39 is 0 Å². The molecule has 1 saturated heterocycles. The third-order valence-corrected chi connectivity index (χ3v) is 3.06. The van der Waals surface area contributed by atoms with Crippen LogP contribution in [0.25, 0.3) is 0 Å². The molecule has 3 heteroatoms. The summed E-state index contributed by atoms with van der Waals surface area (Å²) in [5.41, 5.74) is 0.564. The van der Waals surface area contributed by atoms with Crippen molar-refractivity contribution in [3.8, 4) is 5.75 Å². The highest BCUT2D eigenvalue weighted by Gasteiger charge is 2.10. The molecule has 0 unspecified atom stereocenters. The van der Waals surface area contributed by atoms with Crippen molar-refractivity contribution in [1.82, 2.24) is 4.90 Å². The van der Waals surface area contributed by atoms with Crippen LogP contribution in [-0.2, 0) is 4.79 Å². The maximum atomic E-state index is 10.4. The molecule has 1 aromatic carbocycles. The lowest BCUT2D eigenvalue weighted by atomic mass is 10.2. The maximum absolute atomic E-state index is 10.4. The van der Waals surface area contributed by atoms with Gasteiger partial charge in [-0.1, -0.05) is 0 Å². The van der Waals surface area contributed by atoms with E-state index in [9.17, 15) is 4.79 Å². The van der Waals surface area contributed by atoms with Crippen molar-refractivity contribution < 1.29 is 9.53 Å². The number of hydrogen-bond acceptors (Lipinski definition) is 3. The Labute approximate surface area is 102 Å². The second-order valence-corrected chi connectivity index (χ2v) is 4.38. The average molecular weight is 232 g/mol. The van der Waals surface area contributed by atoms with E-state index in [0.717, 1.165) is 25.3 Å². The van der Waals surface area contributed by atoms with E-state index in [-0.39, 0.29) is 0 Å². The molecule has 0 aromatic heterocycles. The van der Waals surface area contributed by atoms with Gasteiger partial charge in [-0.05, 0) is 56.6 Å². The van der Waals surface area contributed by atoms with E-state index >= 15 is 0 Å². The summed E-state index contributed by atoms with van der Waals surface area (Å²) in [6.07, 6.45) is 5.58. The topological polar surface area (TPSA) is 29.5 Å². The number of nitrogens with zero attached hydrogens (tertiary/aromatic N) is 1. The van der Waals surface area contributed by atoms with E-state index in [0.29, 0.717) is 5.56 Å². The Bertz CT molecular complexity index is 342. The van der Waals surface area contributed by atoms with Crippen molar-refractivity contribution in [1.29, 1.82) is 0 Å². The Morgan fingerprint density at radius 1 is 1.18 bits per heavy atom. The molecule has 91 valence electrons. The van der Waals surface area contributed by atoms with Crippen molar-refractivity contribution in [3.05, 3.63) is 29.8 Å². The quantitative estimate of drug-likeness (QED) is 0.703. The van der Waals surface area contributed by atoms with Gasteiger partial charge in [0.05, 0.1) is 6.61 Å². The summed E-state index contributed by atoms with van der Waals surface area (Å²) in [4.78, 5) is 12.8. The van der Waals surface area contributed by atoms with Crippen LogP contribution in [-0.4, -0.2) is 37.4 Å². The second-order valence-electron chi connectivity index (χ2n) is 4.38. The third-order valence-electron chi connectivity index (χ3n) is 3.06. The molecule has 17 heavy (non-hydrogen) atoms. The predicted molar refractivity (Wildman–Crippen MR) is 67.0 cm³/mol. The molecule has 0 aliphatic carbocycles. The number of likely N-dealkylation sites (tertiary alicyclic amines) is 1. The minimum Gasteiger partial charge on any atom is -0.494 e. The Kier molecular flexibility index (Phi) is 4.56. The summed E-state index contributed by atoms with van der Waals surface area (Å²) < 4.78 is 5.61. The van der Waals surface area contributed by atoms with Crippen LogP contribution in [0.5, 0.6) is 5.75 Å². The van der Waals surface area contributed by atoms with Crippen LogP contribution < -0.4 is 4.74 Å². The third kappa shape index (κ3) is 3.86. The molecule has 0 saturated carbocycles. The molecule has 3 nitrogen and oxygen atoms in total. The molecule has 1 aliphatic rings. The maximum Gasteiger partial charge on any atom is 0.233 e. The number of rotatable bonds is 6. The fraction of sp³-hybridized carbons (Fsp3) is 0.500. The number of carbonyl (C=O) groups excluding carboxylic acids is 1. The van der Waals surface area contributed by atoms with E-state index in [1.54, 1.807) is 12.1 Å². The monoisotopic (exact) mass is 232 g/mol. The van der Waals surface area contributed by atoms with Gasteiger partial charge in [0.1, 0.15) is 5.75 Å². The highest BCUT2D eigenvalue weighted by atomic mass is 16.5. The summed E-state index contributed by atoms with van der Waals surface area (Å²) >= 11 is 0. The van der Waals surface area contributed by atoms with Crippen molar-refractivity contribution in [2.24, 2.45) is 0 Å². The fourth-order valence-corrected chi connectivity index (χ4v) is 2.10. The molecule has 2 rings (SSSR count). The van der Waals surface area contributed by atoms with Crippen LogP contribution >= 0.6 is 0 Å². The molecule has 0 atom stereocenters. The molecular weight excluding hydrogens is 214 g/mol. The van der Waals surface area contributed by atoms with E-state index in [4.69, 9.17) is 4.74 Å². The van der Waals surface area contributed by atoms with Crippen molar-refractivity contribution in [2.45, 2.75) is 19.3 Å². The molecule has 1 aliphatic heterocycles. The van der Waals surface area contributed by atoms with Gasteiger partial charge < -0.3 is 9.64 Å². The van der Waals surface area contributed by atoms with Gasteiger partial charge in [-0.15, -0.1) is 0 Å². The molecule has 1 aromatic rings. The SMILES string of the molecule is O=[C]c1ccc(OCCCN2CCCC2)cc1. The summed E-state index contributed by atoms with van der Waals surface area (Å²) in [5, 5.41) is 0. The Balaban J connectivity index is 1.65. The zero-order chi connectivity index (χ0) is 11.9. The lowest BCUT2D eigenvalue weighted by Gasteiger charge is -2.14. The molecular formula is C14H18NO2. The van der Waals surface area contributed by atoms with Gasteiger partial charge in [-0.25, -0.2) is 0 Å². The minimum atomic E-state index is 0.564. The van der Waals surface area contributed by atoms with Crippen LogP contribution in [0.2, 0.25) is 0 Å². The van der Waals surface area contributed by atoms with Gasteiger partial charge in [0, 0.05) is 12.1 Å². The van der Waals surface area contributed by atoms with Gasteiger partial charge in [0.15, 0.2) is 0 Å². The smallest absolute Gasteiger partial charge is 0.233 e. The van der Waals surface area contributed by atoms with Crippen molar-refractivity contribution in [3.63, 3.8) is 0 Å². The van der Waals surface area contributed by atoms with Gasteiger partial charge in [-0.3, -0.25) is 4.79 Å².